The van der Waals surface area contributed by atoms with E-state index < -0.39 is 0 Å². The van der Waals surface area contributed by atoms with Crippen molar-refractivity contribution < 1.29 is 0 Å². The number of hydrogen-bond donors (Lipinski definition) is 2. The van der Waals surface area contributed by atoms with E-state index in [0.717, 1.165) is 19.5 Å². The van der Waals surface area contributed by atoms with Crippen molar-refractivity contribution in [1.82, 2.24) is 19.5 Å². The Kier molecular flexibility index (Phi) is 3.92. The van der Waals surface area contributed by atoms with Crippen molar-refractivity contribution in [1.29, 1.82) is 0 Å². The van der Waals surface area contributed by atoms with E-state index >= 15 is 0 Å². The third-order valence-electron chi connectivity index (χ3n) is 2.24. The van der Waals surface area contributed by atoms with Gasteiger partial charge in [-0.2, -0.15) is 0 Å². The predicted octanol–water partition coefficient (Wildman–Crippen LogP) is 1.23. The van der Waals surface area contributed by atoms with Crippen LogP contribution in [0.4, 0.5) is 5.82 Å². The Hall–Kier alpha value is -1.63. The van der Waals surface area contributed by atoms with Gasteiger partial charge >= 0.3 is 0 Å². The SMILES string of the molecule is O=c1[nH]cnc(NCCCn2ccnc2)c1Br. The highest BCUT2D eigenvalue weighted by molar-refractivity contribution is 9.10. The summed E-state index contributed by atoms with van der Waals surface area (Å²) in [7, 11) is 0. The lowest BCUT2D eigenvalue weighted by atomic mass is 10.4. The number of halogens is 1. The number of aromatic amines is 1. The lowest BCUT2D eigenvalue weighted by Gasteiger charge is -2.06. The molecule has 0 fully saturated rings. The molecule has 0 aliphatic heterocycles. The van der Waals surface area contributed by atoms with E-state index in [0.29, 0.717) is 10.3 Å². The molecule has 0 bridgehead atoms. The van der Waals surface area contributed by atoms with E-state index in [-0.39, 0.29) is 5.56 Å². The van der Waals surface area contributed by atoms with Crippen LogP contribution in [-0.4, -0.2) is 26.1 Å². The summed E-state index contributed by atoms with van der Waals surface area (Å²) in [6.07, 6.45) is 7.76. The van der Waals surface area contributed by atoms with Gasteiger partial charge in [0.15, 0.2) is 0 Å². The Morgan fingerprint density at radius 3 is 3.18 bits per heavy atom. The highest BCUT2D eigenvalue weighted by Crippen LogP contribution is 2.12. The van der Waals surface area contributed by atoms with Gasteiger partial charge in [0.1, 0.15) is 10.3 Å². The zero-order valence-electron chi connectivity index (χ0n) is 9.06. The van der Waals surface area contributed by atoms with Gasteiger partial charge in [-0.3, -0.25) is 4.79 Å². The summed E-state index contributed by atoms with van der Waals surface area (Å²) in [6.45, 7) is 1.63. The Morgan fingerprint density at radius 1 is 1.53 bits per heavy atom. The number of aromatic nitrogens is 4. The van der Waals surface area contributed by atoms with Gasteiger partial charge in [0.25, 0.3) is 5.56 Å². The molecule has 0 unspecified atom stereocenters. The molecular weight excluding hydrogens is 286 g/mol. The predicted molar refractivity (Wildman–Crippen MR) is 67.9 cm³/mol. The van der Waals surface area contributed by atoms with Gasteiger partial charge in [-0.05, 0) is 22.4 Å². The number of anilines is 1. The smallest absolute Gasteiger partial charge is 0.267 e. The van der Waals surface area contributed by atoms with E-state index in [1.807, 2.05) is 10.8 Å². The van der Waals surface area contributed by atoms with Crippen molar-refractivity contribution in [3.63, 3.8) is 0 Å². The van der Waals surface area contributed by atoms with Gasteiger partial charge in [0.05, 0.1) is 12.7 Å². The molecule has 0 aliphatic rings. The summed E-state index contributed by atoms with van der Waals surface area (Å²) >= 11 is 3.19. The first-order chi connectivity index (χ1) is 8.27. The first kappa shape index (κ1) is 11.8. The van der Waals surface area contributed by atoms with Crippen LogP contribution in [0.2, 0.25) is 0 Å². The molecular formula is C10H12BrN5O. The van der Waals surface area contributed by atoms with Crippen molar-refractivity contribution in [2.75, 3.05) is 11.9 Å². The zero-order chi connectivity index (χ0) is 12.1. The van der Waals surface area contributed by atoms with Crippen LogP contribution in [0, 0.1) is 0 Å². The standard InChI is InChI=1S/C10H12BrN5O/c11-8-9(14-6-15-10(8)17)13-2-1-4-16-5-3-12-7-16/h3,5-7H,1-2,4H2,(H2,13,14,15,17). The monoisotopic (exact) mass is 297 g/mol. The Bertz CT molecular complexity index is 522. The van der Waals surface area contributed by atoms with Crippen LogP contribution < -0.4 is 10.9 Å². The minimum Gasteiger partial charge on any atom is -0.369 e. The van der Waals surface area contributed by atoms with Crippen LogP contribution in [0.25, 0.3) is 0 Å². The molecule has 0 saturated heterocycles. The molecule has 0 spiro atoms. The van der Waals surface area contributed by atoms with Crippen LogP contribution in [-0.2, 0) is 6.54 Å². The van der Waals surface area contributed by atoms with E-state index in [4.69, 9.17) is 0 Å². The molecule has 17 heavy (non-hydrogen) atoms. The molecule has 2 aromatic rings. The highest BCUT2D eigenvalue weighted by atomic mass is 79.9. The molecule has 0 radical (unpaired) electrons. The maximum absolute atomic E-state index is 11.3. The van der Waals surface area contributed by atoms with Gasteiger partial charge in [-0.25, -0.2) is 9.97 Å². The molecule has 2 rings (SSSR count). The second-order valence-electron chi connectivity index (χ2n) is 3.48. The van der Waals surface area contributed by atoms with E-state index in [9.17, 15) is 4.79 Å². The van der Waals surface area contributed by atoms with Crippen LogP contribution >= 0.6 is 15.9 Å². The van der Waals surface area contributed by atoms with Crippen LogP contribution in [0.3, 0.4) is 0 Å². The summed E-state index contributed by atoms with van der Waals surface area (Å²) in [5, 5.41) is 3.10. The summed E-state index contributed by atoms with van der Waals surface area (Å²) in [5.74, 6) is 0.569. The number of imidazole rings is 1. The third-order valence-corrected chi connectivity index (χ3v) is 2.98. The number of H-pyrrole nitrogens is 1. The van der Waals surface area contributed by atoms with E-state index in [2.05, 4.69) is 36.2 Å². The lowest BCUT2D eigenvalue weighted by molar-refractivity contribution is 0.660. The van der Waals surface area contributed by atoms with Crippen molar-refractivity contribution in [3.05, 3.63) is 39.9 Å². The topological polar surface area (TPSA) is 75.6 Å². The number of nitrogens with zero attached hydrogens (tertiary/aromatic N) is 3. The van der Waals surface area contributed by atoms with Crippen LogP contribution in [0.5, 0.6) is 0 Å². The highest BCUT2D eigenvalue weighted by Gasteiger charge is 2.03. The normalized spacial score (nSPS) is 10.4. The summed E-state index contributed by atoms with van der Waals surface area (Å²) < 4.78 is 2.43. The molecule has 0 amide bonds. The van der Waals surface area contributed by atoms with Crippen LogP contribution in [0.15, 0.2) is 34.3 Å². The van der Waals surface area contributed by atoms with Gasteiger partial charge in [-0.1, -0.05) is 0 Å². The number of rotatable bonds is 5. The molecule has 2 N–H and O–H groups in total. The maximum atomic E-state index is 11.3. The maximum Gasteiger partial charge on any atom is 0.267 e. The van der Waals surface area contributed by atoms with E-state index in [1.165, 1.54) is 6.33 Å². The average molecular weight is 298 g/mol. The van der Waals surface area contributed by atoms with Crippen molar-refractivity contribution in [2.45, 2.75) is 13.0 Å². The fraction of sp³-hybridized carbons (Fsp3) is 0.300. The molecule has 2 aromatic heterocycles. The molecule has 0 saturated carbocycles. The van der Waals surface area contributed by atoms with Gasteiger partial charge < -0.3 is 14.9 Å². The fourth-order valence-corrected chi connectivity index (χ4v) is 1.75. The fourth-order valence-electron chi connectivity index (χ4n) is 1.39. The number of aryl methyl sites for hydroxylation is 1. The van der Waals surface area contributed by atoms with Crippen molar-refractivity contribution in [2.24, 2.45) is 0 Å². The third kappa shape index (κ3) is 3.16. The minimum atomic E-state index is -0.183. The van der Waals surface area contributed by atoms with Crippen LogP contribution in [0.1, 0.15) is 6.42 Å². The molecule has 7 heteroatoms. The summed E-state index contributed by atoms with van der Waals surface area (Å²) in [6, 6.07) is 0. The molecule has 0 aromatic carbocycles. The summed E-state index contributed by atoms with van der Waals surface area (Å²) in [5.41, 5.74) is -0.183. The molecule has 0 atom stereocenters. The Labute approximate surface area is 106 Å². The second kappa shape index (κ2) is 5.62. The first-order valence-corrected chi connectivity index (χ1v) is 5.99. The zero-order valence-corrected chi connectivity index (χ0v) is 10.6. The Balaban J connectivity index is 1.82. The minimum absolute atomic E-state index is 0.183. The lowest BCUT2D eigenvalue weighted by Crippen LogP contribution is -2.13. The van der Waals surface area contributed by atoms with Crippen molar-refractivity contribution in [3.8, 4) is 0 Å². The number of hydrogen-bond acceptors (Lipinski definition) is 4. The summed E-state index contributed by atoms with van der Waals surface area (Å²) in [4.78, 5) is 21.8. The quantitative estimate of drug-likeness (QED) is 0.814. The van der Waals surface area contributed by atoms with E-state index in [1.54, 1.807) is 12.5 Å². The van der Waals surface area contributed by atoms with Gasteiger partial charge in [0, 0.05) is 25.5 Å². The largest absolute Gasteiger partial charge is 0.369 e. The Morgan fingerprint density at radius 2 is 2.41 bits per heavy atom. The molecule has 2 heterocycles. The van der Waals surface area contributed by atoms with Gasteiger partial charge in [-0.15, -0.1) is 0 Å². The van der Waals surface area contributed by atoms with Gasteiger partial charge in [0.2, 0.25) is 0 Å². The molecule has 90 valence electrons. The second-order valence-corrected chi connectivity index (χ2v) is 4.27. The first-order valence-electron chi connectivity index (χ1n) is 5.20. The van der Waals surface area contributed by atoms with Crippen molar-refractivity contribution >= 4 is 21.7 Å². The molecule has 6 nitrogen and oxygen atoms in total. The number of nitrogens with one attached hydrogen (secondary N) is 2. The average Bonchev–Trinajstić information content (AvgIpc) is 2.83. The molecule has 0 aliphatic carbocycles.